The molecule has 0 aromatic heterocycles. The summed E-state index contributed by atoms with van der Waals surface area (Å²) >= 11 is 12.3. The van der Waals surface area contributed by atoms with Crippen LogP contribution < -0.4 is 4.74 Å². The minimum absolute atomic E-state index is 0.105. The average molecular weight is 497 g/mol. The number of ether oxygens (including phenoxy) is 1. The topological polar surface area (TPSA) is 62.1 Å². The molecule has 3 aromatic carbocycles. The van der Waals surface area contributed by atoms with Gasteiger partial charge in [0, 0.05) is 22.0 Å². The van der Waals surface area contributed by atoms with Crippen LogP contribution in [0.3, 0.4) is 0 Å². The Balaban J connectivity index is 1.90. The van der Waals surface area contributed by atoms with E-state index in [1.54, 1.807) is 13.2 Å². The Morgan fingerprint density at radius 3 is 2.18 bits per heavy atom. The first-order valence-corrected chi connectivity index (χ1v) is 11.8. The van der Waals surface area contributed by atoms with Gasteiger partial charge in [-0.1, -0.05) is 54.4 Å². The van der Waals surface area contributed by atoms with Crippen LogP contribution in [-0.2, 0) is 11.4 Å². The zero-order valence-electron chi connectivity index (χ0n) is 19.0. The maximum Gasteiger partial charge on any atom is 0.151 e. The lowest BCUT2D eigenvalue weighted by atomic mass is 9.93. The molecule has 3 aromatic rings. The summed E-state index contributed by atoms with van der Waals surface area (Å²) in [6.07, 6.45) is 0.419. The summed E-state index contributed by atoms with van der Waals surface area (Å²) in [6.45, 7) is 1.93. The van der Waals surface area contributed by atoms with Crippen LogP contribution in [0.1, 0.15) is 47.7 Å². The van der Waals surface area contributed by atoms with Crippen molar-refractivity contribution in [1.82, 2.24) is 4.90 Å². The number of benzene rings is 3. The van der Waals surface area contributed by atoms with E-state index < -0.39 is 0 Å². The summed E-state index contributed by atoms with van der Waals surface area (Å²) in [5, 5.41) is 11.1. The lowest BCUT2D eigenvalue weighted by Gasteiger charge is -2.31. The van der Waals surface area contributed by atoms with Crippen LogP contribution in [0.2, 0.25) is 10.0 Å². The SMILES string of the molecule is CCC(=O)CN1C(c2cc(CO)cc(OC)c2)=NC(c2ccc(Cl)cc2)C1c1ccc(Cl)cc1. The molecule has 7 heteroatoms. The molecule has 0 spiro atoms. The Morgan fingerprint density at radius 2 is 1.62 bits per heavy atom. The molecule has 34 heavy (non-hydrogen) atoms. The number of aliphatic hydroxyl groups excluding tert-OH is 1. The Hall–Kier alpha value is -2.86. The van der Waals surface area contributed by atoms with Crippen molar-refractivity contribution in [2.24, 2.45) is 4.99 Å². The van der Waals surface area contributed by atoms with Gasteiger partial charge in [0.2, 0.25) is 0 Å². The van der Waals surface area contributed by atoms with E-state index in [-0.39, 0.29) is 31.0 Å². The lowest BCUT2D eigenvalue weighted by molar-refractivity contribution is -0.119. The first-order valence-electron chi connectivity index (χ1n) is 11.1. The first kappa shape index (κ1) is 24.3. The normalized spacial score (nSPS) is 17.6. The number of rotatable bonds is 8. The van der Waals surface area contributed by atoms with Gasteiger partial charge < -0.3 is 14.7 Å². The molecule has 2 atom stereocenters. The number of aliphatic imine (C=N–C) groups is 1. The summed E-state index contributed by atoms with van der Waals surface area (Å²) in [6, 6.07) is 20.3. The number of nitrogens with zero attached hydrogens (tertiary/aromatic N) is 2. The Morgan fingerprint density at radius 1 is 1.00 bits per heavy atom. The number of halogens is 2. The Bertz CT molecular complexity index is 1170. The average Bonchev–Trinajstić information content (AvgIpc) is 3.23. The minimum Gasteiger partial charge on any atom is -0.497 e. The van der Waals surface area contributed by atoms with Crippen LogP contribution in [0.15, 0.2) is 71.7 Å². The minimum atomic E-state index is -0.276. The molecule has 4 rings (SSSR count). The molecule has 1 aliphatic rings. The number of hydrogen-bond donors (Lipinski definition) is 1. The summed E-state index contributed by atoms with van der Waals surface area (Å²) in [7, 11) is 1.59. The highest BCUT2D eigenvalue weighted by Gasteiger charge is 2.39. The second-order valence-corrected chi connectivity index (χ2v) is 9.07. The number of Topliss-reactive ketones (excluding diaryl/α,β-unsaturated/α-hetero) is 1. The first-order chi connectivity index (χ1) is 16.4. The molecule has 5 nitrogen and oxygen atoms in total. The highest BCUT2D eigenvalue weighted by Crippen LogP contribution is 2.44. The predicted molar refractivity (Wildman–Crippen MR) is 136 cm³/mol. The van der Waals surface area contributed by atoms with Crippen molar-refractivity contribution in [2.75, 3.05) is 13.7 Å². The van der Waals surface area contributed by atoms with Gasteiger partial charge in [0.15, 0.2) is 5.78 Å². The second-order valence-electron chi connectivity index (χ2n) is 8.19. The van der Waals surface area contributed by atoms with E-state index in [4.69, 9.17) is 32.9 Å². The third-order valence-electron chi connectivity index (χ3n) is 5.98. The van der Waals surface area contributed by atoms with Crippen LogP contribution in [-0.4, -0.2) is 35.3 Å². The van der Waals surface area contributed by atoms with Gasteiger partial charge >= 0.3 is 0 Å². The van der Waals surface area contributed by atoms with E-state index in [0.29, 0.717) is 33.6 Å². The smallest absolute Gasteiger partial charge is 0.151 e. The van der Waals surface area contributed by atoms with E-state index in [1.165, 1.54) is 0 Å². The van der Waals surface area contributed by atoms with Gasteiger partial charge in [-0.05, 0) is 59.2 Å². The molecule has 0 radical (unpaired) electrons. The van der Waals surface area contributed by atoms with Crippen molar-refractivity contribution in [3.8, 4) is 5.75 Å². The lowest BCUT2D eigenvalue weighted by Crippen LogP contribution is -2.36. The molecule has 0 aliphatic carbocycles. The van der Waals surface area contributed by atoms with Gasteiger partial charge in [0.25, 0.3) is 0 Å². The standard InChI is InChI=1S/C27H26Cl2N2O3/c1-3-23(33)15-31-26(19-6-10-22(29)11-7-19)25(18-4-8-21(28)9-5-18)30-27(31)20-12-17(16-32)13-24(14-20)34-2/h4-14,25-26,32H,3,15-16H2,1-2H3. The number of hydrogen-bond acceptors (Lipinski definition) is 5. The third kappa shape index (κ3) is 5.12. The van der Waals surface area contributed by atoms with Crippen molar-refractivity contribution in [3.05, 3.63) is 99.0 Å². The van der Waals surface area contributed by atoms with Crippen molar-refractivity contribution >= 4 is 34.8 Å². The highest BCUT2D eigenvalue weighted by atomic mass is 35.5. The van der Waals surface area contributed by atoms with E-state index in [2.05, 4.69) is 0 Å². The highest BCUT2D eigenvalue weighted by molar-refractivity contribution is 6.30. The fourth-order valence-electron chi connectivity index (χ4n) is 4.23. The van der Waals surface area contributed by atoms with Gasteiger partial charge in [0.05, 0.1) is 26.3 Å². The quantitative estimate of drug-likeness (QED) is 0.414. The largest absolute Gasteiger partial charge is 0.497 e. The van der Waals surface area contributed by atoms with Crippen molar-refractivity contribution in [3.63, 3.8) is 0 Å². The monoisotopic (exact) mass is 496 g/mol. The Labute approximate surface area is 209 Å². The van der Waals surface area contributed by atoms with Gasteiger partial charge in [-0.3, -0.25) is 9.79 Å². The predicted octanol–water partition coefficient (Wildman–Crippen LogP) is 6.02. The molecular formula is C27H26Cl2N2O3. The fourth-order valence-corrected chi connectivity index (χ4v) is 4.48. The molecule has 0 bridgehead atoms. The molecule has 0 amide bonds. The molecule has 0 saturated carbocycles. The number of methoxy groups -OCH3 is 1. The van der Waals surface area contributed by atoms with Gasteiger partial charge in [-0.2, -0.15) is 0 Å². The fraction of sp³-hybridized carbons (Fsp3) is 0.259. The van der Waals surface area contributed by atoms with Crippen molar-refractivity contribution in [2.45, 2.75) is 32.0 Å². The van der Waals surface area contributed by atoms with Crippen LogP contribution in [0.4, 0.5) is 0 Å². The maximum absolute atomic E-state index is 12.7. The maximum atomic E-state index is 12.7. The molecule has 176 valence electrons. The number of carbonyl (C=O) groups is 1. The zero-order valence-corrected chi connectivity index (χ0v) is 20.6. The third-order valence-corrected chi connectivity index (χ3v) is 6.48. The molecule has 2 unspecified atom stereocenters. The van der Waals surface area contributed by atoms with Crippen molar-refractivity contribution in [1.29, 1.82) is 0 Å². The van der Waals surface area contributed by atoms with Gasteiger partial charge in [-0.15, -0.1) is 0 Å². The molecule has 0 fully saturated rings. The number of aliphatic hydroxyl groups is 1. The van der Waals surface area contributed by atoms with Gasteiger partial charge in [0.1, 0.15) is 17.6 Å². The summed E-state index contributed by atoms with van der Waals surface area (Å²) in [5.74, 6) is 1.40. The molecule has 1 heterocycles. The van der Waals surface area contributed by atoms with Crippen LogP contribution in [0.5, 0.6) is 5.75 Å². The van der Waals surface area contributed by atoms with E-state index >= 15 is 0 Å². The van der Waals surface area contributed by atoms with E-state index in [9.17, 15) is 9.90 Å². The number of amidine groups is 1. The second kappa shape index (κ2) is 10.6. The van der Waals surface area contributed by atoms with Crippen LogP contribution in [0, 0.1) is 0 Å². The number of ketones is 1. The van der Waals surface area contributed by atoms with Crippen LogP contribution in [0.25, 0.3) is 0 Å². The van der Waals surface area contributed by atoms with E-state index in [1.807, 2.05) is 72.5 Å². The molecule has 1 aliphatic heterocycles. The van der Waals surface area contributed by atoms with Crippen LogP contribution >= 0.6 is 23.2 Å². The molecule has 1 N–H and O–H groups in total. The summed E-state index contributed by atoms with van der Waals surface area (Å²) in [4.78, 5) is 19.9. The van der Waals surface area contributed by atoms with E-state index in [0.717, 1.165) is 16.7 Å². The zero-order chi connectivity index (χ0) is 24.2. The van der Waals surface area contributed by atoms with Crippen molar-refractivity contribution < 1.29 is 14.6 Å². The Kier molecular flexibility index (Phi) is 7.57. The number of carbonyl (C=O) groups excluding carboxylic acids is 1. The molecular weight excluding hydrogens is 471 g/mol. The molecule has 0 saturated heterocycles. The summed E-state index contributed by atoms with van der Waals surface area (Å²) < 4.78 is 5.46. The summed E-state index contributed by atoms with van der Waals surface area (Å²) in [5.41, 5.74) is 3.47. The van der Waals surface area contributed by atoms with Gasteiger partial charge in [-0.25, -0.2) is 0 Å².